The maximum absolute atomic E-state index is 13.1. The molecule has 0 aliphatic rings. The first-order valence-electron chi connectivity index (χ1n) is 4.65. The zero-order chi connectivity index (χ0) is 11.3. The highest BCUT2D eigenvalue weighted by atomic mass is 19.1. The van der Waals surface area contributed by atoms with E-state index in [1.807, 2.05) is 0 Å². The van der Waals surface area contributed by atoms with E-state index in [1.54, 1.807) is 6.92 Å². The van der Waals surface area contributed by atoms with E-state index in [1.165, 1.54) is 18.2 Å². The Morgan fingerprint density at radius 2 is 1.93 bits per heavy atom. The summed E-state index contributed by atoms with van der Waals surface area (Å²) in [7, 11) is 0. The van der Waals surface area contributed by atoms with Gasteiger partial charge in [-0.15, -0.1) is 11.8 Å². The molecule has 80 valence electrons. The minimum absolute atomic E-state index is 0.0484. The van der Waals surface area contributed by atoms with Gasteiger partial charge in [0, 0.05) is 18.4 Å². The molecule has 0 aliphatic heterocycles. The van der Waals surface area contributed by atoms with Gasteiger partial charge in [-0.3, -0.25) is 0 Å². The molecule has 0 aromatic heterocycles. The maximum Gasteiger partial charge on any atom is 0.129 e. The van der Waals surface area contributed by atoms with Gasteiger partial charge in [-0.05, 0) is 19.1 Å². The zero-order valence-corrected chi connectivity index (χ0v) is 8.43. The molecule has 0 radical (unpaired) electrons. The molecule has 0 aliphatic carbocycles. The fraction of sp³-hybridized carbons (Fsp3) is 0.333. The van der Waals surface area contributed by atoms with E-state index in [-0.39, 0.29) is 18.4 Å². The summed E-state index contributed by atoms with van der Waals surface area (Å²) in [5, 5.41) is 9.45. The van der Waals surface area contributed by atoms with Crippen LogP contribution in [0.3, 0.4) is 0 Å². The first-order chi connectivity index (χ1) is 7.15. The Morgan fingerprint density at radius 3 is 2.47 bits per heavy atom. The molecule has 1 aromatic rings. The third kappa shape index (κ3) is 3.34. The van der Waals surface area contributed by atoms with Crippen LogP contribution in [-0.4, -0.2) is 11.2 Å². The average Bonchev–Trinajstić information content (AvgIpc) is 2.21. The topological polar surface area (TPSA) is 20.2 Å². The molecule has 1 rings (SSSR count). The van der Waals surface area contributed by atoms with Gasteiger partial charge >= 0.3 is 0 Å². The summed E-state index contributed by atoms with van der Waals surface area (Å²) in [5.74, 6) is 4.03. The second-order valence-corrected chi connectivity index (χ2v) is 3.19. The highest BCUT2D eigenvalue weighted by Crippen LogP contribution is 2.14. The van der Waals surface area contributed by atoms with Crippen LogP contribution in [0.4, 0.5) is 8.78 Å². The standard InChI is InChI=1S/C12H12F2O/c1-2-3-5-9(15)8-10-11(13)6-4-7-12(10)14/h4,6-7,9,15H,5,8H2,1H3. The molecule has 0 fully saturated rings. The van der Waals surface area contributed by atoms with Crippen LogP contribution in [0.25, 0.3) is 0 Å². The number of rotatable bonds is 3. The largest absolute Gasteiger partial charge is 0.392 e. The van der Waals surface area contributed by atoms with Crippen LogP contribution >= 0.6 is 0 Å². The fourth-order valence-electron chi connectivity index (χ4n) is 1.26. The highest BCUT2D eigenvalue weighted by Gasteiger charge is 2.12. The van der Waals surface area contributed by atoms with Gasteiger partial charge in [-0.1, -0.05) is 6.07 Å². The monoisotopic (exact) mass is 210 g/mol. The third-order valence-corrected chi connectivity index (χ3v) is 2.02. The van der Waals surface area contributed by atoms with Gasteiger partial charge in [0.25, 0.3) is 0 Å². The lowest BCUT2D eigenvalue weighted by Gasteiger charge is -2.08. The lowest BCUT2D eigenvalue weighted by Crippen LogP contribution is -2.12. The number of halogens is 2. The van der Waals surface area contributed by atoms with Crippen LogP contribution in [0.2, 0.25) is 0 Å². The van der Waals surface area contributed by atoms with E-state index in [9.17, 15) is 13.9 Å². The van der Waals surface area contributed by atoms with Crippen molar-refractivity contribution in [3.63, 3.8) is 0 Å². The summed E-state index contributed by atoms with van der Waals surface area (Å²) < 4.78 is 26.3. The summed E-state index contributed by atoms with van der Waals surface area (Å²) in [6, 6.07) is 3.65. The molecule has 0 saturated heterocycles. The molecule has 1 unspecified atom stereocenters. The minimum Gasteiger partial charge on any atom is -0.392 e. The van der Waals surface area contributed by atoms with E-state index in [2.05, 4.69) is 11.8 Å². The number of benzene rings is 1. The second kappa shape index (κ2) is 5.47. The first-order valence-corrected chi connectivity index (χ1v) is 4.65. The zero-order valence-electron chi connectivity index (χ0n) is 8.43. The molecule has 1 atom stereocenters. The van der Waals surface area contributed by atoms with Crippen LogP contribution in [0.5, 0.6) is 0 Å². The molecule has 1 nitrogen and oxygen atoms in total. The van der Waals surface area contributed by atoms with Gasteiger partial charge in [0.05, 0.1) is 6.10 Å². The van der Waals surface area contributed by atoms with Gasteiger partial charge in [0.2, 0.25) is 0 Å². The Labute approximate surface area is 87.7 Å². The first kappa shape index (κ1) is 11.7. The van der Waals surface area contributed by atoms with Gasteiger partial charge in [-0.2, -0.15) is 0 Å². The smallest absolute Gasteiger partial charge is 0.129 e. The number of aliphatic hydroxyl groups excluding tert-OH is 1. The summed E-state index contributed by atoms with van der Waals surface area (Å²) >= 11 is 0. The van der Waals surface area contributed by atoms with Crippen molar-refractivity contribution in [2.75, 3.05) is 0 Å². The van der Waals surface area contributed by atoms with E-state index in [0.29, 0.717) is 0 Å². The molecule has 15 heavy (non-hydrogen) atoms. The third-order valence-electron chi connectivity index (χ3n) is 2.02. The van der Waals surface area contributed by atoms with Gasteiger partial charge < -0.3 is 5.11 Å². The van der Waals surface area contributed by atoms with Crippen molar-refractivity contribution in [1.29, 1.82) is 0 Å². The van der Waals surface area contributed by atoms with E-state index >= 15 is 0 Å². The molecule has 0 amide bonds. The summed E-state index contributed by atoms with van der Waals surface area (Å²) in [5.41, 5.74) is -0.0806. The SMILES string of the molecule is CC#CCC(O)Cc1c(F)cccc1F. The molecule has 0 heterocycles. The van der Waals surface area contributed by atoms with Crippen molar-refractivity contribution in [3.05, 3.63) is 35.4 Å². The molecular weight excluding hydrogens is 198 g/mol. The molecule has 0 bridgehead atoms. The molecule has 0 saturated carbocycles. The second-order valence-electron chi connectivity index (χ2n) is 3.19. The van der Waals surface area contributed by atoms with Crippen LogP contribution in [0.15, 0.2) is 18.2 Å². The number of aliphatic hydroxyl groups is 1. The Morgan fingerprint density at radius 1 is 1.33 bits per heavy atom. The molecule has 1 aromatic carbocycles. The molecular formula is C12H12F2O. The van der Waals surface area contributed by atoms with Crippen molar-refractivity contribution in [1.82, 2.24) is 0 Å². The van der Waals surface area contributed by atoms with Crippen LogP contribution < -0.4 is 0 Å². The molecule has 0 spiro atoms. The summed E-state index contributed by atoms with van der Waals surface area (Å²) in [6.45, 7) is 1.65. The van der Waals surface area contributed by atoms with Crippen molar-refractivity contribution in [3.8, 4) is 11.8 Å². The van der Waals surface area contributed by atoms with Crippen LogP contribution in [0, 0.1) is 23.5 Å². The quantitative estimate of drug-likeness (QED) is 0.759. The Balaban J connectivity index is 2.74. The number of hydrogen-bond donors (Lipinski definition) is 1. The molecule has 3 heteroatoms. The molecule has 1 N–H and O–H groups in total. The predicted octanol–water partition coefficient (Wildman–Crippen LogP) is 2.28. The van der Waals surface area contributed by atoms with Crippen molar-refractivity contribution >= 4 is 0 Å². The fourth-order valence-corrected chi connectivity index (χ4v) is 1.26. The minimum atomic E-state index is -0.830. The van der Waals surface area contributed by atoms with Crippen LogP contribution in [0.1, 0.15) is 18.9 Å². The Hall–Kier alpha value is -1.40. The van der Waals surface area contributed by atoms with E-state index in [0.717, 1.165) is 0 Å². The van der Waals surface area contributed by atoms with Gasteiger partial charge in [0.1, 0.15) is 11.6 Å². The van der Waals surface area contributed by atoms with Crippen molar-refractivity contribution < 1.29 is 13.9 Å². The van der Waals surface area contributed by atoms with Crippen molar-refractivity contribution in [2.24, 2.45) is 0 Å². The van der Waals surface area contributed by atoms with Gasteiger partial charge in [-0.25, -0.2) is 8.78 Å². The lowest BCUT2D eigenvalue weighted by atomic mass is 10.0. The predicted molar refractivity (Wildman–Crippen MR) is 54.1 cm³/mol. The van der Waals surface area contributed by atoms with Gasteiger partial charge in [0.15, 0.2) is 0 Å². The average molecular weight is 210 g/mol. The summed E-state index contributed by atoms with van der Waals surface area (Å²) in [4.78, 5) is 0. The van der Waals surface area contributed by atoms with Crippen molar-refractivity contribution in [2.45, 2.75) is 25.9 Å². The lowest BCUT2D eigenvalue weighted by molar-refractivity contribution is 0.178. The van der Waals surface area contributed by atoms with E-state index in [4.69, 9.17) is 0 Å². The van der Waals surface area contributed by atoms with E-state index < -0.39 is 17.7 Å². The number of hydrogen-bond acceptors (Lipinski definition) is 1. The summed E-state index contributed by atoms with van der Waals surface area (Å²) in [6.07, 6.45) is -0.652. The highest BCUT2D eigenvalue weighted by molar-refractivity contribution is 5.20. The Bertz CT molecular complexity index is 370. The van der Waals surface area contributed by atoms with Crippen LogP contribution in [-0.2, 0) is 6.42 Å². The Kier molecular flexibility index (Phi) is 4.26. The maximum atomic E-state index is 13.1. The normalized spacial score (nSPS) is 11.7.